The van der Waals surface area contributed by atoms with E-state index in [0.717, 1.165) is 0 Å². The normalized spacial score (nSPS) is 13.7. The van der Waals surface area contributed by atoms with Crippen molar-refractivity contribution < 1.29 is 26.3 Å². The summed E-state index contributed by atoms with van der Waals surface area (Å²) in [5.74, 6) is -3.28. The summed E-state index contributed by atoms with van der Waals surface area (Å²) in [5.41, 5.74) is 0. The highest BCUT2D eigenvalue weighted by molar-refractivity contribution is 4.77. The molecule has 14 heavy (non-hydrogen) atoms. The van der Waals surface area contributed by atoms with Crippen molar-refractivity contribution in [1.82, 2.24) is 5.32 Å². The molecule has 0 heterocycles. The van der Waals surface area contributed by atoms with E-state index in [-0.39, 0.29) is 6.54 Å². The van der Waals surface area contributed by atoms with Gasteiger partial charge in [0.2, 0.25) is 0 Å². The van der Waals surface area contributed by atoms with E-state index in [1.54, 1.807) is 6.92 Å². The lowest BCUT2D eigenvalue weighted by molar-refractivity contribution is -0.281. The molecule has 0 aliphatic carbocycles. The van der Waals surface area contributed by atoms with Crippen molar-refractivity contribution in [2.24, 2.45) is 5.92 Å². The first-order valence-corrected chi connectivity index (χ1v) is 4.03. The number of nitrogens with one attached hydrogen (secondary N) is 1. The molecule has 0 saturated carbocycles. The summed E-state index contributed by atoms with van der Waals surface area (Å²) in [6, 6.07) is 0. The molecule has 0 amide bonds. The Balaban J connectivity index is 4.28. The fraction of sp³-hybridized carbons (Fsp3) is 1.00. The molecule has 0 saturated heterocycles. The summed E-state index contributed by atoms with van der Waals surface area (Å²) in [4.78, 5) is 0. The molecular weight excluding hydrogens is 212 g/mol. The Morgan fingerprint density at radius 1 is 1.00 bits per heavy atom. The van der Waals surface area contributed by atoms with Gasteiger partial charge in [0.1, 0.15) is 0 Å². The number of alkyl halides is 6. The van der Waals surface area contributed by atoms with Crippen molar-refractivity contribution in [3.63, 3.8) is 0 Å². The lowest BCUT2D eigenvalue weighted by atomic mass is 10.1. The van der Waals surface area contributed by atoms with E-state index >= 15 is 0 Å². The minimum atomic E-state index is -5.24. The van der Waals surface area contributed by atoms with Crippen LogP contribution in [0.4, 0.5) is 26.3 Å². The lowest BCUT2D eigenvalue weighted by Gasteiger charge is -2.22. The lowest BCUT2D eigenvalue weighted by Crippen LogP contribution is -2.43. The van der Waals surface area contributed by atoms with Gasteiger partial charge in [-0.1, -0.05) is 6.92 Å². The average molecular weight is 223 g/mol. The van der Waals surface area contributed by atoms with Crippen molar-refractivity contribution in [3.8, 4) is 0 Å². The van der Waals surface area contributed by atoms with Crippen LogP contribution in [0.25, 0.3) is 0 Å². The van der Waals surface area contributed by atoms with E-state index in [0.29, 0.717) is 6.42 Å². The van der Waals surface area contributed by atoms with E-state index in [4.69, 9.17) is 0 Å². The number of halogens is 6. The fourth-order valence-electron chi connectivity index (χ4n) is 0.840. The third-order valence-electron chi connectivity index (χ3n) is 1.57. The zero-order chi connectivity index (χ0) is 11.4. The summed E-state index contributed by atoms with van der Waals surface area (Å²) in [7, 11) is 0. The first-order chi connectivity index (χ1) is 6.19. The standard InChI is InChI=1S/C7H11F6N/c1-2-3-14-4-5(6(8,9)10)7(11,12)13/h5,14H,2-4H2,1H3. The van der Waals surface area contributed by atoms with Crippen LogP contribution in [0.3, 0.4) is 0 Å². The number of hydrogen-bond acceptors (Lipinski definition) is 1. The molecule has 0 aliphatic heterocycles. The zero-order valence-electron chi connectivity index (χ0n) is 7.47. The molecule has 0 aromatic carbocycles. The predicted molar refractivity (Wildman–Crippen MR) is 38.8 cm³/mol. The second kappa shape index (κ2) is 4.86. The zero-order valence-corrected chi connectivity index (χ0v) is 7.47. The molecule has 0 fully saturated rings. The average Bonchev–Trinajstić information content (AvgIpc) is 1.92. The summed E-state index contributed by atoms with van der Waals surface area (Å²) >= 11 is 0. The largest absolute Gasteiger partial charge is 0.401 e. The summed E-state index contributed by atoms with van der Waals surface area (Å²) in [6.45, 7) is 0.687. The summed E-state index contributed by atoms with van der Waals surface area (Å²) in [5, 5.41) is 2.11. The quantitative estimate of drug-likeness (QED) is 0.570. The van der Waals surface area contributed by atoms with Gasteiger partial charge in [0.05, 0.1) is 0 Å². The molecule has 0 rings (SSSR count). The molecule has 0 aliphatic rings. The van der Waals surface area contributed by atoms with Crippen LogP contribution in [0.1, 0.15) is 13.3 Å². The van der Waals surface area contributed by atoms with Gasteiger partial charge in [-0.3, -0.25) is 0 Å². The van der Waals surface area contributed by atoms with Crippen LogP contribution >= 0.6 is 0 Å². The van der Waals surface area contributed by atoms with Gasteiger partial charge in [-0.05, 0) is 13.0 Å². The van der Waals surface area contributed by atoms with E-state index in [1.165, 1.54) is 0 Å². The first kappa shape index (κ1) is 13.5. The Labute approximate surface area is 77.5 Å². The summed E-state index contributed by atoms with van der Waals surface area (Å²) < 4.78 is 71.3. The highest BCUT2D eigenvalue weighted by atomic mass is 19.4. The van der Waals surface area contributed by atoms with Gasteiger partial charge >= 0.3 is 12.4 Å². The fourth-order valence-corrected chi connectivity index (χ4v) is 0.840. The monoisotopic (exact) mass is 223 g/mol. The van der Waals surface area contributed by atoms with Crippen LogP contribution in [-0.2, 0) is 0 Å². The van der Waals surface area contributed by atoms with Crippen LogP contribution in [0, 0.1) is 5.92 Å². The van der Waals surface area contributed by atoms with E-state index < -0.39 is 24.8 Å². The molecule has 0 unspecified atom stereocenters. The Morgan fingerprint density at radius 2 is 1.43 bits per heavy atom. The molecule has 1 nitrogen and oxygen atoms in total. The number of rotatable bonds is 4. The van der Waals surface area contributed by atoms with E-state index in [9.17, 15) is 26.3 Å². The highest BCUT2D eigenvalue weighted by Gasteiger charge is 2.55. The van der Waals surface area contributed by atoms with Crippen molar-refractivity contribution in [2.45, 2.75) is 25.7 Å². The second-order valence-electron chi connectivity index (χ2n) is 2.84. The van der Waals surface area contributed by atoms with Gasteiger partial charge < -0.3 is 5.32 Å². The molecule has 0 atom stereocenters. The van der Waals surface area contributed by atoms with Crippen molar-refractivity contribution in [1.29, 1.82) is 0 Å². The third-order valence-corrected chi connectivity index (χ3v) is 1.57. The molecule has 0 spiro atoms. The van der Waals surface area contributed by atoms with Crippen LogP contribution < -0.4 is 5.32 Å². The van der Waals surface area contributed by atoms with E-state index in [2.05, 4.69) is 5.32 Å². The summed E-state index contributed by atoms with van der Waals surface area (Å²) in [6.07, 6.45) is -9.99. The Morgan fingerprint density at radius 3 is 1.71 bits per heavy atom. The smallest absolute Gasteiger partial charge is 0.316 e. The van der Waals surface area contributed by atoms with Crippen molar-refractivity contribution in [2.75, 3.05) is 13.1 Å². The Hall–Kier alpha value is -0.460. The van der Waals surface area contributed by atoms with Crippen LogP contribution in [0.5, 0.6) is 0 Å². The maximum atomic E-state index is 11.9. The first-order valence-electron chi connectivity index (χ1n) is 4.03. The third kappa shape index (κ3) is 4.69. The maximum Gasteiger partial charge on any atom is 0.401 e. The van der Waals surface area contributed by atoms with Crippen molar-refractivity contribution in [3.05, 3.63) is 0 Å². The number of hydrogen-bond donors (Lipinski definition) is 1. The maximum absolute atomic E-state index is 11.9. The molecule has 1 N–H and O–H groups in total. The second-order valence-corrected chi connectivity index (χ2v) is 2.84. The molecule has 7 heteroatoms. The van der Waals surface area contributed by atoms with Gasteiger partial charge in [0, 0.05) is 6.54 Å². The Bertz CT molecular complexity index is 147. The van der Waals surface area contributed by atoms with Crippen LogP contribution in [0.15, 0.2) is 0 Å². The van der Waals surface area contributed by atoms with Crippen LogP contribution in [-0.4, -0.2) is 25.4 Å². The molecular formula is C7H11F6N. The van der Waals surface area contributed by atoms with Gasteiger partial charge in [-0.25, -0.2) is 0 Å². The SMILES string of the molecule is CCCNCC(C(F)(F)F)C(F)(F)F. The van der Waals surface area contributed by atoms with Gasteiger partial charge in [0.15, 0.2) is 5.92 Å². The van der Waals surface area contributed by atoms with Crippen molar-refractivity contribution >= 4 is 0 Å². The molecule has 86 valence electrons. The molecule has 0 aromatic heterocycles. The highest BCUT2D eigenvalue weighted by Crippen LogP contribution is 2.38. The molecule has 0 bridgehead atoms. The Kier molecular flexibility index (Phi) is 4.70. The van der Waals surface area contributed by atoms with Gasteiger partial charge in [-0.2, -0.15) is 26.3 Å². The van der Waals surface area contributed by atoms with Gasteiger partial charge in [0.25, 0.3) is 0 Å². The minimum Gasteiger partial charge on any atom is -0.316 e. The van der Waals surface area contributed by atoms with E-state index in [1.807, 2.05) is 0 Å². The molecule has 0 aromatic rings. The van der Waals surface area contributed by atoms with Gasteiger partial charge in [-0.15, -0.1) is 0 Å². The van der Waals surface area contributed by atoms with Crippen LogP contribution in [0.2, 0.25) is 0 Å². The predicted octanol–water partition coefficient (Wildman–Crippen LogP) is 2.73. The minimum absolute atomic E-state index is 0.142. The topological polar surface area (TPSA) is 12.0 Å². The molecule has 0 radical (unpaired) electrons.